The molecule has 1 amide bonds. The molecule has 1 aliphatic heterocycles. The summed E-state index contributed by atoms with van der Waals surface area (Å²) in [5.74, 6) is 0.601. The number of hydrogen-bond acceptors (Lipinski definition) is 4. The quantitative estimate of drug-likeness (QED) is 0.693. The lowest BCUT2D eigenvalue weighted by Gasteiger charge is -2.26. The van der Waals surface area contributed by atoms with Crippen molar-refractivity contribution in [1.82, 2.24) is 5.32 Å². The summed E-state index contributed by atoms with van der Waals surface area (Å²) in [6.45, 7) is 0.402. The number of nitrogens with one attached hydrogen (secondary N) is 1. The summed E-state index contributed by atoms with van der Waals surface area (Å²) in [6.07, 6.45) is 0.675. The highest BCUT2D eigenvalue weighted by Crippen LogP contribution is 2.24. The van der Waals surface area contributed by atoms with Gasteiger partial charge in [-0.1, -0.05) is 36.4 Å². The van der Waals surface area contributed by atoms with Crippen LogP contribution < -0.4 is 10.1 Å². The van der Waals surface area contributed by atoms with Gasteiger partial charge in [0, 0.05) is 11.6 Å². The Bertz CT molecular complexity index is 745. The molecule has 1 atom stereocenters. The third-order valence-electron chi connectivity index (χ3n) is 3.78. The lowest BCUT2D eigenvalue weighted by Crippen LogP contribution is -2.43. The van der Waals surface area contributed by atoms with Gasteiger partial charge in [0.1, 0.15) is 12.4 Å². The number of hydrogen-bond donors (Lipinski definition) is 1. The van der Waals surface area contributed by atoms with E-state index in [1.54, 1.807) is 18.2 Å². The molecule has 0 saturated heterocycles. The summed E-state index contributed by atoms with van der Waals surface area (Å²) in [6, 6.07) is 13.9. The first-order valence-corrected chi connectivity index (χ1v) is 7.36. The van der Waals surface area contributed by atoms with Gasteiger partial charge in [0.05, 0.1) is 17.4 Å². The smallest absolute Gasteiger partial charge is 0.273 e. The second-order valence-electron chi connectivity index (χ2n) is 5.45. The van der Waals surface area contributed by atoms with Gasteiger partial charge in [-0.05, 0) is 18.1 Å². The van der Waals surface area contributed by atoms with Crippen molar-refractivity contribution in [1.29, 1.82) is 0 Å². The number of rotatable bonds is 4. The normalized spacial score (nSPS) is 16.1. The van der Waals surface area contributed by atoms with E-state index in [1.165, 1.54) is 6.07 Å². The van der Waals surface area contributed by atoms with Crippen LogP contribution in [0.3, 0.4) is 0 Å². The van der Waals surface area contributed by atoms with E-state index < -0.39 is 4.92 Å². The maximum Gasteiger partial charge on any atom is 0.273 e. The highest BCUT2D eigenvalue weighted by molar-refractivity contribution is 5.80. The molecule has 2 aromatic carbocycles. The van der Waals surface area contributed by atoms with E-state index in [9.17, 15) is 14.9 Å². The minimum absolute atomic E-state index is 0.0186. The Morgan fingerprint density at radius 3 is 2.78 bits per heavy atom. The van der Waals surface area contributed by atoms with Crippen LogP contribution in [0.15, 0.2) is 48.5 Å². The predicted molar refractivity (Wildman–Crippen MR) is 84.4 cm³/mol. The Balaban J connectivity index is 1.64. The van der Waals surface area contributed by atoms with Gasteiger partial charge < -0.3 is 10.1 Å². The molecular weight excluding hydrogens is 296 g/mol. The number of fused-ring (bicyclic) bond motifs is 1. The zero-order chi connectivity index (χ0) is 16.2. The van der Waals surface area contributed by atoms with Crippen molar-refractivity contribution < 1.29 is 14.5 Å². The Hall–Kier alpha value is -2.89. The Kier molecular flexibility index (Phi) is 4.23. The van der Waals surface area contributed by atoms with E-state index in [-0.39, 0.29) is 24.1 Å². The van der Waals surface area contributed by atoms with Crippen LogP contribution in [0.25, 0.3) is 0 Å². The Morgan fingerprint density at radius 2 is 1.96 bits per heavy atom. The molecule has 0 aliphatic carbocycles. The number of nitrogens with zero attached hydrogens (tertiary/aromatic N) is 1. The maximum atomic E-state index is 12.2. The lowest BCUT2D eigenvalue weighted by molar-refractivity contribution is -0.385. The average molecular weight is 312 g/mol. The van der Waals surface area contributed by atoms with E-state index in [0.29, 0.717) is 18.6 Å². The van der Waals surface area contributed by atoms with Crippen LogP contribution in [0.1, 0.15) is 11.1 Å². The molecule has 2 aromatic rings. The second-order valence-corrected chi connectivity index (χ2v) is 5.45. The van der Waals surface area contributed by atoms with E-state index in [1.807, 2.05) is 24.3 Å². The van der Waals surface area contributed by atoms with Crippen molar-refractivity contribution >= 4 is 11.6 Å². The largest absolute Gasteiger partial charge is 0.491 e. The minimum Gasteiger partial charge on any atom is -0.491 e. The fraction of sp³-hybridized carbons (Fsp3) is 0.235. The van der Waals surface area contributed by atoms with Crippen molar-refractivity contribution in [2.45, 2.75) is 18.9 Å². The van der Waals surface area contributed by atoms with Gasteiger partial charge in [-0.15, -0.1) is 0 Å². The molecule has 23 heavy (non-hydrogen) atoms. The number of nitro benzene ring substituents is 1. The van der Waals surface area contributed by atoms with E-state index in [4.69, 9.17) is 4.74 Å². The fourth-order valence-corrected chi connectivity index (χ4v) is 2.71. The molecule has 6 nitrogen and oxygen atoms in total. The lowest BCUT2D eigenvalue weighted by atomic mass is 10.0. The summed E-state index contributed by atoms with van der Waals surface area (Å²) < 4.78 is 5.63. The van der Waals surface area contributed by atoms with Gasteiger partial charge in [-0.3, -0.25) is 14.9 Å². The van der Waals surface area contributed by atoms with Gasteiger partial charge in [-0.25, -0.2) is 0 Å². The second kappa shape index (κ2) is 6.48. The van der Waals surface area contributed by atoms with Crippen LogP contribution in [0.5, 0.6) is 5.75 Å². The molecule has 118 valence electrons. The summed E-state index contributed by atoms with van der Waals surface area (Å²) in [4.78, 5) is 22.7. The number of ether oxygens (including phenoxy) is 1. The SMILES string of the molecule is O=C(Cc1ccccc1[N+](=O)[O-])N[C@H]1COc2ccccc2C1. The monoisotopic (exact) mass is 312 g/mol. The first kappa shape index (κ1) is 15.0. The highest BCUT2D eigenvalue weighted by Gasteiger charge is 2.22. The Labute approximate surface area is 133 Å². The highest BCUT2D eigenvalue weighted by atomic mass is 16.6. The molecule has 1 aliphatic rings. The number of carbonyl (C=O) groups is 1. The molecule has 0 unspecified atom stereocenters. The molecule has 1 N–H and O–H groups in total. The average Bonchev–Trinajstić information content (AvgIpc) is 2.55. The predicted octanol–water partition coefficient (Wildman–Crippen LogP) is 2.26. The molecule has 0 saturated carbocycles. The first-order valence-electron chi connectivity index (χ1n) is 7.36. The number of nitro groups is 1. The zero-order valence-corrected chi connectivity index (χ0v) is 12.4. The van der Waals surface area contributed by atoms with Crippen molar-refractivity contribution in [2.24, 2.45) is 0 Å². The van der Waals surface area contributed by atoms with Gasteiger partial charge in [0.15, 0.2) is 0 Å². The molecule has 0 bridgehead atoms. The third kappa shape index (κ3) is 3.48. The summed E-state index contributed by atoms with van der Waals surface area (Å²) in [7, 11) is 0. The van der Waals surface area contributed by atoms with E-state index >= 15 is 0 Å². The van der Waals surface area contributed by atoms with Crippen LogP contribution in [0.4, 0.5) is 5.69 Å². The molecule has 1 heterocycles. The van der Waals surface area contributed by atoms with Crippen molar-refractivity contribution in [2.75, 3.05) is 6.61 Å². The van der Waals surface area contributed by atoms with E-state index in [0.717, 1.165) is 11.3 Å². The summed E-state index contributed by atoms with van der Waals surface area (Å²) in [5, 5.41) is 13.9. The zero-order valence-electron chi connectivity index (χ0n) is 12.4. The van der Waals surface area contributed by atoms with Crippen LogP contribution >= 0.6 is 0 Å². The van der Waals surface area contributed by atoms with Crippen LogP contribution in [-0.2, 0) is 17.6 Å². The minimum atomic E-state index is -0.470. The van der Waals surface area contributed by atoms with Crippen molar-refractivity contribution in [3.8, 4) is 5.75 Å². The van der Waals surface area contributed by atoms with Crippen LogP contribution in [-0.4, -0.2) is 23.5 Å². The standard InChI is InChI=1S/C17H16N2O4/c20-17(10-12-5-1-3-7-15(12)19(21)22)18-14-9-13-6-2-4-8-16(13)23-11-14/h1-8,14H,9-11H2,(H,18,20)/t14-/m1/s1. The van der Waals surface area contributed by atoms with Gasteiger partial charge in [0.2, 0.25) is 5.91 Å². The molecule has 0 aromatic heterocycles. The number of para-hydroxylation sites is 2. The van der Waals surface area contributed by atoms with Crippen LogP contribution in [0, 0.1) is 10.1 Å². The van der Waals surface area contributed by atoms with Crippen molar-refractivity contribution in [3.63, 3.8) is 0 Å². The number of amides is 1. The summed E-state index contributed by atoms with van der Waals surface area (Å²) in [5.41, 5.74) is 1.43. The van der Waals surface area contributed by atoms with Gasteiger partial charge >= 0.3 is 0 Å². The molecule has 0 fully saturated rings. The fourth-order valence-electron chi connectivity index (χ4n) is 2.71. The number of benzene rings is 2. The molecule has 0 spiro atoms. The molecule has 6 heteroatoms. The Morgan fingerprint density at radius 1 is 1.22 bits per heavy atom. The molecule has 0 radical (unpaired) electrons. The topological polar surface area (TPSA) is 81.5 Å². The van der Waals surface area contributed by atoms with Gasteiger partial charge in [-0.2, -0.15) is 0 Å². The third-order valence-corrected chi connectivity index (χ3v) is 3.78. The molecular formula is C17H16N2O4. The number of carbonyl (C=O) groups excluding carboxylic acids is 1. The molecule has 3 rings (SSSR count). The van der Waals surface area contributed by atoms with Crippen LogP contribution in [0.2, 0.25) is 0 Å². The van der Waals surface area contributed by atoms with Crippen molar-refractivity contribution in [3.05, 3.63) is 69.8 Å². The first-order chi connectivity index (χ1) is 11.1. The van der Waals surface area contributed by atoms with Gasteiger partial charge in [0.25, 0.3) is 5.69 Å². The summed E-state index contributed by atoms with van der Waals surface area (Å²) >= 11 is 0. The maximum absolute atomic E-state index is 12.2. The van der Waals surface area contributed by atoms with E-state index in [2.05, 4.69) is 5.32 Å².